The zero-order valence-corrected chi connectivity index (χ0v) is 12.6. The van der Waals surface area contributed by atoms with E-state index in [9.17, 15) is 4.79 Å². The highest BCUT2D eigenvalue weighted by Crippen LogP contribution is 2.25. The molecule has 2 atom stereocenters. The zero-order chi connectivity index (χ0) is 16.8. The highest BCUT2D eigenvalue weighted by atomic mass is 16.6. The molecule has 21 heavy (non-hydrogen) atoms. The fourth-order valence-corrected chi connectivity index (χ4v) is 1.56. The average Bonchev–Trinajstić information content (AvgIpc) is 3.02. The van der Waals surface area contributed by atoms with Gasteiger partial charge in [-0.2, -0.15) is 10.5 Å². The number of ether oxygens (including phenoxy) is 1. The van der Waals surface area contributed by atoms with Gasteiger partial charge in [0.05, 0.1) is 0 Å². The molecule has 1 saturated heterocycles. The molecule has 1 aliphatic rings. The van der Waals surface area contributed by atoms with Crippen molar-refractivity contribution in [2.45, 2.75) is 39.1 Å². The largest absolute Gasteiger partial charge is 0.400 e. The van der Waals surface area contributed by atoms with E-state index in [1.807, 2.05) is 19.3 Å². The Labute approximate surface area is 124 Å². The lowest BCUT2D eigenvalue weighted by Crippen LogP contribution is -2.30. The summed E-state index contributed by atoms with van der Waals surface area (Å²) in [5.74, 6) is 0.186. The van der Waals surface area contributed by atoms with Crippen LogP contribution in [0.25, 0.3) is 0 Å². The number of hydrogen-bond acceptors (Lipinski definition) is 7. The smallest absolute Gasteiger partial charge is 0.351 e. The van der Waals surface area contributed by atoms with Gasteiger partial charge in [0, 0.05) is 13.3 Å². The number of terminal acetylenes is 1. The van der Waals surface area contributed by atoms with Crippen LogP contribution >= 0.6 is 0 Å². The number of nitrogens with zero attached hydrogens (tertiary/aromatic N) is 2. The van der Waals surface area contributed by atoms with Gasteiger partial charge in [0.15, 0.2) is 0 Å². The fraction of sp³-hybridized carbons (Fsp3) is 0.538. The predicted octanol–water partition coefficient (Wildman–Crippen LogP) is 0.324. The third kappa shape index (κ3) is 6.87. The molecule has 2 rings (SSSR count). The van der Waals surface area contributed by atoms with Gasteiger partial charge in [0.25, 0.3) is 0 Å². The van der Waals surface area contributed by atoms with Crippen molar-refractivity contribution in [3.63, 3.8) is 0 Å². The summed E-state index contributed by atoms with van der Waals surface area (Å²) < 4.78 is 6.69. The van der Waals surface area contributed by atoms with E-state index in [2.05, 4.69) is 17.8 Å². The second kappa shape index (κ2) is 13.1. The van der Waals surface area contributed by atoms with Crippen molar-refractivity contribution in [3.8, 4) is 12.8 Å². The van der Waals surface area contributed by atoms with E-state index >= 15 is 0 Å². The molecule has 0 unspecified atom stereocenters. The molecule has 0 spiro atoms. The molecular weight excluding hydrogens is 276 g/mol. The van der Waals surface area contributed by atoms with Gasteiger partial charge in [-0.15, -0.1) is 12.8 Å². The van der Waals surface area contributed by atoms with Gasteiger partial charge in [0.1, 0.15) is 18.3 Å². The monoisotopic (exact) mass is 300 g/mol. The second-order valence-corrected chi connectivity index (χ2v) is 3.33. The first-order chi connectivity index (χ1) is 10.2. The molecule has 8 heteroatoms. The molecule has 1 aliphatic heterocycles. The summed E-state index contributed by atoms with van der Waals surface area (Å²) in [6.45, 7) is 4.00. The van der Waals surface area contributed by atoms with E-state index in [4.69, 9.17) is 20.8 Å². The van der Waals surface area contributed by atoms with Gasteiger partial charge in [0.2, 0.25) is 0 Å². The van der Waals surface area contributed by atoms with Crippen LogP contribution in [0, 0.1) is 12.8 Å². The summed E-state index contributed by atoms with van der Waals surface area (Å²) in [7, 11) is 1.00. The van der Waals surface area contributed by atoms with E-state index in [0.717, 1.165) is 7.11 Å². The Morgan fingerprint density at radius 1 is 1.43 bits per heavy atom. The molecular formula is C13H24N4O4. The van der Waals surface area contributed by atoms with Crippen LogP contribution in [0.4, 0.5) is 5.82 Å². The Hall–Kier alpha value is -1.92. The summed E-state index contributed by atoms with van der Waals surface area (Å²) in [5, 5.41) is 15.6. The number of aliphatic hydroxyl groups excluding tert-OH is 1. The summed E-state index contributed by atoms with van der Waals surface area (Å²) in [6, 6.07) is 1.53. The Bertz CT molecular complexity index is 447. The van der Waals surface area contributed by atoms with Crippen molar-refractivity contribution >= 4 is 5.82 Å². The number of anilines is 1. The van der Waals surface area contributed by atoms with Crippen LogP contribution in [-0.4, -0.2) is 33.2 Å². The highest BCUT2D eigenvalue weighted by Gasteiger charge is 2.26. The Kier molecular flexibility index (Phi) is 13.3. The molecule has 0 amide bonds. The third-order valence-corrected chi connectivity index (χ3v) is 2.30. The maximum Gasteiger partial charge on any atom is 0.351 e. The van der Waals surface area contributed by atoms with Gasteiger partial charge in [-0.05, 0) is 18.9 Å². The minimum atomic E-state index is -0.446. The highest BCUT2D eigenvalue weighted by molar-refractivity contribution is 5.23. The summed E-state index contributed by atoms with van der Waals surface area (Å²) >= 11 is 0. The van der Waals surface area contributed by atoms with Crippen LogP contribution in [0.3, 0.4) is 0 Å². The number of aromatic nitrogens is 2. The molecule has 120 valence electrons. The number of rotatable bonds is 2. The van der Waals surface area contributed by atoms with E-state index in [0.29, 0.717) is 12.8 Å². The number of nitrogens with one attached hydrogen (secondary N) is 1. The van der Waals surface area contributed by atoms with Crippen LogP contribution in [0.2, 0.25) is 0 Å². The van der Waals surface area contributed by atoms with Crippen molar-refractivity contribution in [2.75, 3.05) is 12.8 Å². The lowest BCUT2D eigenvalue weighted by atomic mass is 10.3. The molecule has 0 saturated carbocycles. The topological polar surface area (TPSA) is 123 Å². The first-order valence-electron chi connectivity index (χ1n) is 6.38. The van der Waals surface area contributed by atoms with Crippen molar-refractivity contribution in [3.05, 3.63) is 22.7 Å². The number of aliphatic hydroxyl groups is 1. The van der Waals surface area contributed by atoms with E-state index in [1.165, 1.54) is 16.8 Å². The van der Waals surface area contributed by atoms with Crippen LogP contribution in [0.1, 0.15) is 32.9 Å². The minimum absolute atomic E-state index is 0.186. The third-order valence-electron chi connectivity index (χ3n) is 2.30. The number of hydrogen-bond donors (Lipinski definition) is 4. The summed E-state index contributed by atoms with van der Waals surface area (Å²) in [4.78, 5) is 15.0. The van der Waals surface area contributed by atoms with Gasteiger partial charge < -0.3 is 20.8 Å². The molecule has 1 aromatic heterocycles. The van der Waals surface area contributed by atoms with E-state index < -0.39 is 18.1 Å². The number of hydroxylamine groups is 1. The SMILES string of the molecule is C#C.CC.CO.Nc1ccn([C@H]2CC[C@@H](NO)O2)c(=O)n1. The maximum atomic E-state index is 11.4. The number of nitrogen functional groups attached to an aromatic ring is 1. The Morgan fingerprint density at radius 2 is 2.00 bits per heavy atom. The average molecular weight is 300 g/mol. The van der Waals surface area contributed by atoms with Gasteiger partial charge in [-0.25, -0.2) is 4.79 Å². The lowest BCUT2D eigenvalue weighted by molar-refractivity contribution is -0.0723. The minimum Gasteiger partial charge on any atom is -0.400 e. The fourth-order valence-electron chi connectivity index (χ4n) is 1.56. The molecule has 0 bridgehead atoms. The predicted molar refractivity (Wildman–Crippen MR) is 80.4 cm³/mol. The molecule has 5 N–H and O–H groups in total. The normalized spacial score (nSPS) is 19.0. The van der Waals surface area contributed by atoms with Crippen LogP contribution in [0.5, 0.6) is 0 Å². The molecule has 1 fully saturated rings. The second-order valence-electron chi connectivity index (χ2n) is 3.33. The summed E-state index contributed by atoms with van der Waals surface area (Å²) in [6.07, 6.45) is 9.99. The molecule has 8 nitrogen and oxygen atoms in total. The maximum absolute atomic E-state index is 11.4. The first kappa shape index (κ1) is 21.4. The van der Waals surface area contributed by atoms with Crippen LogP contribution in [0.15, 0.2) is 17.1 Å². The quantitative estimate of drug-likeness (QED) is 0.458. The molecule has 2 heterocycles. The van der Waals surface area contributed by atoms with Gasteiger partial charge in [-0.1, -0.05) is 13.8 Å². The van der Waals surface area contributed by atoms with Crippen molar-refractivity contribution in [1.82, 2.24) is 15.0 Å². The standard InChI is InChI=1S/C8H12N4O3.C2H6.C2H2.CH4O/c9-5-3-4-12(8(13)10-5)7-2-1-6(11-14)15-7;3*1-2/h3-4,6-7,11,14H,1-2H2,(H2,9,10,13);1-2H3;1-2H;2H,1H3/t6-,7+;;;/m0.../s1. The van der Waals surface area contributed by atoms with Gasteiger partial charge in [-0.3, -0.25) is 4.57 Å². The van der Waals surface area contributed by atoms with Crippen molar-refractivity contribution in [2.24, 2.45) is 0 Å². The van der Waals surface area contributed by atoms with E-state index in [-0.39, 0.29) is 5.82 Å². The zero-order valence-electron chi connectivity index (χ0n) is 12.6. The first-order valence-corrected chi connectivity index (χ1v) is 6.38. The Morgan fingerprint density at radius 3 is 2.43 bits per heavy atom. The van der Waals surface area contributed by atoms with Crippen LogP contribution in [-0.2, 0) is 4.74 Å². The molecule has 1 aromatic rings. The number of nitrogens with two attached hydrogens (primary N) is 1. The van der Waals surface area contributed by atoms with E-state index in [1.54, 1.807) is 0 Å². The molecule has 0 radical (unpaired) electrons. The molecule has 0 aromatic carbocycles. The molecule has 0 aliphatic carbocycles. The lowest BCUT2D eigenvalue weighted by Gasteiger charge is -2.14. The Balaban J connectivity index is 0. The van der Waals surface area contributed by atoms with Crippen LogP contribution < -0.4 is 16.9 Å². The van der Waals surface area contributed by atoms with Gasteiger partial charge >= 0.3 is 5.69 Å². The summed E-state index contributed by atoms with van der Waals surface area (Å²) in [5.41, 5.74) is 6.93. The van der Waals surface area contributed by atoms with Crippen molar-refractivity contribution in [1.29, 1.82) is 0 Å². The van der Waals surface area contributed by atoms with Crippen molar-refractivity contribution < 1.29 is 15.1 Å².